The summed E-state index contributed by atoms with van der Waals surface area (Å²) in [5, 5.41) is 0.306. The first-order chi connectivity index (χ1) is 12.1. The second-order valence-corrected chi connectivity index (χ2v) is 10.4. The van der Waals surface area contributed by atoms with Gasteiger partial charge in [0.1, 0.15) is 4.90 Å². The normalized spacial score (nSPS) is 16.7. The van der Waals surface area contributed by atoms with Crippen LogP contribution in [0.4, 0.5) is 11.4 Å². The van der Waals surface area contributed by atoms with Crippen LogP contribution >= 0.6 is 23.2 Å². The molecule has 0 unspecified atom stereocenters. The van der Waals surface area contributed by atoms with Crippen LogP contribution in [0.2, 0.25) is 10.0 Å². The van der Waals surface area contributed by atoms with Crippen LogP contribution in [0.3, 0.4) is 0 Å². The minimum absolute atomic E-state index is 0.0549. The van der Waals surface area contributed by atoms with E-state index in [9.17, 15) is 16.8 Å². The molecule has 0 spiro atoms. The Labute approximate surface area is 162 Å². The van der Waals surface area contributed by atoms with E-state index in [-0.39, 0.29) is 20.7 Å². The molecule has 0 aliphatic carbocycles. The fourth-order valence-corrected chi connectivity index (χ4v) is 6.18. The second kappa shape index (κ2) is 6.92. The van der Waals surface area contributed by atoms with Gasteiger partial charge >= 0.3 is 0 Å². The van der Waals surface area contributed by atoms with Crippen molar-refractivity contribution in [3.8, 4) is 0 Å². The third kappa shape index (κ3) is 3.78. The number of sulfonamides is 2. The molecule has 1 saturated heterocycles. The molecular weight excluding hydrogens is 419 g/mol. The number of halogens is 2. The number of aryl methyl sites for hydroxylation is 1. The van der Waals surface area contributed by atoms with Gasteiger partial charge in [-0.1, -0.05) is 23.2 Å². The summed E-state index contributed by atoms with van der Waals surface area (Å²) in [4.78, 5) is -0.128. The third-order valence-corrected chi connectivity index (χ3v) is 7.98. The Morgan fingerprint density at radius 1 is 1.12 bits per heavy atom. The molecule has 2 aromatic rings. The van der Waals surface area contributed by atoms with Crippen LogP contribution in [0.15, 0.2) is 41.3 Å². The molecule has 3 rings (SSSR count). The SMILES string of the molecule is Cc1cc(N2CCCS2(=O)=O)ccc1NS(=O)(=O)c1cc(Cl)ccc1Cl. The van der Waals surface area contributed by atoms with E-state index in [1.54, 1.807) is 19.1 Å². The van der Waals surface area contributed by atoms with E-state index in [1.807, 2.05) is 0 Å². The van der Waals surface area contributed by atoms with Gasteiger partial charge in [0.05, 0.1) is 22.2 Å². The number of hydrogen-bond donors (Lipinski definition) is 1. The fraction of sp³-hybridized carbons (Fsp3) is 0.250. The zero-order valence-electron chi connectivity index (χ0n) is 13.7. The molecule has 6 nitrogen and oxygen atoms in total. The summed E-state index contributed by atoms with van der Waals surface area (Å²) >= 11 is 11.8. The van der Waals surface area contributed by atoms with Crippen LogP contribution < -0.4 is 9.03 Å². The topological polar surface area (TPSA) is 83.6 Å². The van der Waals surface area contributed by atoms with Crippen molar-refractivity contribution >= 4 is 54.6 Å². The summed E-state index contributed by atoms with van der Waals surface area (Å²) in [6.45, 7) is 2.12. The molecule has 1 aliphatic rings. The highest BCUT2D eigenvalue weighted by Gasteiger charge is 2.29. The molecule has 1 fully saturated rings. The fourth-order valence-electron chi connectivity index (χ4n) is 2.73. The van der Waals surface area contributed by atoms with Gasteiger partial charge in [-0.3, -0.25) is 9.03 Å². The van der Waals surface area contributed by atoms with Crippen LogP contribution in [0.5, 0.6) is 0 Å². The highest BCUT2D eigenvalue weighted by atomic mass is 35.5. The molecule has 1 aliphatic heterocycles. The Morgan fingerprint density at radius 3 is 2.46 bits per heavy atom. The summed E-state index contributed by atoms with van der Waals surface area (Å²) in [5.74, 6) is 0.119. The Kier molecular flexibility index (Phi) is 5.13. The number of benzene rings is 2. The lowest BCUT2D eigenvalue weighted by molar-refractivity contribution is 0.598. The predicted molar refractivity (Wildman–Crippen MR) is 104 cm³/mol. The van der Waals surface area contributed by atoms with E-state index >= 15 is 0 Å². The molecular formula is C16H16Cl2N2O4S2. The van der Waals surface area contributed by atoms with Crippen LogP contribution in [0, 0.1) is 6.92 Å². The quantitative estimate of drug-likeness (QED) is 0.795. The smallest absolute Gasteiger partial charge is 0.263 e. The van der Waals surface area contributed by atoms with Crippen molar-refractivity contribution in [2.45, 2.75) is 18.2 Å². The number of hydrogen-bond acceptors (Lipinski definition) is 4. The first-order valence-electron chi connectivity index (χ1n) is 7.69. The molecule has 1 heterocycles. The number of anilines is 2. The van der Waals surface area contributed by atoms with E-state index in [4.69, 9.17) is 23.2 Å². The third-order valence-electron chi connectivity index (χ3n) is 4.02. The van der Waals surface area contributed by atoms with Crippen molar-refractivity contribution < 1.29 is 16.8 Å². The molecule has 0 atom stereocenters. The highest BCUT2D eigenvalue weighted by molar-refractivity contribution is 7.93. The lowest BCUT2D eigenvalue weighted by Crippen LogP contribution is -2.25. The van der Waals surface area contributed by atoms with Gasteiger partial charge in [-0.05, 0) is 55.3 Å². The summed E-state index contributed by atoms with van der Waals surface area (Å²) < 4.78 is 53.1. The largest absolute Gasteiger partial charge is 0.279 e. The summed E-state index contributed by atoms with van der Waals surface area (Å²) in [6.07, 6.45) is 0.572. The minimum atomic E-state index is -3.94. The molecule has 0 bridgehead atoms. The maximum Gasteiger partial charge on any atom is 0.263 e. The zero-order chi connectivity index (χ0) is 19.1. The first kappa shape index (κ1) is 19.3. The molecule has 1 N–H and O–H groups in total. The number of rotatable bonds is 4. The lowest BCUT2D eigenvalue weighted by Gasteiger charge is -2.19. The van der Waals surface area contributed by atoms with Gasteiger partial charge in [0, 0.05) is 11.6 Å². The van der Waals surface area contributed by atoms with Crippen molar-refractivity contribution in [1.29, 1.82) is 0 Å². The molecule has 0 aromatic heterocycles. The molecule has 0 radical (unpaired) electrons. The van der Waals surface area contributed by atoms with Gasteiger partial charge in [0.2, 0.25) is 10.0 Å². The van der Waals surface area contributed by atoms with Crippen LogP contribution in [-0.2, 0) is 20.0 Å². The highest BCUT2D eigenvalue weighted by Crippen LogP contribution is 2.31. The van der Waals surface area contributed by atoms with Crippen molar-refractivity contribution in [2.75, 3.05) is 21.3 Å². The molecule has 10 heteroatoms. The molecule has 140 valence electrons. The average Bonchev–Trinajstić information content (AvgIpc) is 2.91. The minimum Gasteiger partial charge on any atom is -0.279 e. The van der Waals surface area contributed by atoms with Gasteiger partial charge < -0.3 is 0 Å². The predicted octanol–water partition coefficient (Wildman–Crippen LogP) is 3.64. The number of nitrogens with zero attached hydrogens (tertiary/aromatic N) is 1. The van der Waals surface area contributed by atoms with Gasteiger partial charge in [-0.25, -0.2) is 16.8 Å². The van der Waals surface area contributed by atoms with Crippen molar-refractivity contribution in [1.82, 2.24) is 0 Å². The monoisotopic (exact) mass is 434 g/mol. The van der Waals surface area contributed by atoms with Crippen LogP contribution in [0.1, 0.15) is 12.0 Å². The van der Waals surface area contributed by atoms with E-state index in [0.717, 1.165) is 0 Å². The molecule has 2 aromatic carbocycles. The Morgan fingerprint density at radius 2 is 1.85 bits per heavy atom. The summed E-state index contributed by atoms with van der Waals surface area (Å²) in [6, 6.07) is 8.93. The summed E-state index contributed by atoms with van der Waals surface area (Å²) in [5.41, 5.74) is 1.44. The van der Waals surface area contributed by atoms with Crippen molar-refractivity contribution in [2.24, 2.45) is 0 Å². The molecule has 0 saturated carbocycles. The standard InChI is InChI=1S/C16H16Cl2N2O4S2/c1-11-9-13(20-7-2-8-25(20,21)22)4-6-15(11)19-26(23,24)16-10-12(17)3-5-14(16)18/h3-6,9-10,19H,2,7-8H2,1H3. The lowest BCUT2D eigenvalue weighted by atomic mass is 10.2. The van der Waals surface area contributed by atoms with E-state index < -0.39 is 20.0 Å². The van der Waals surface area contributed by atoms with Gasteiger partial charge in [-0.15, -0.1) is 0 Å². The number of nitrogens with one attached hydrogen (secondary N) is 1. The Hall–Kier alpha value is -1.48. The summed E-state index contributed by atoms with van der Waals surface area (Å²) in [7, 11) is -7.24. The zero-order valence-corrected chi connectivity index (χ0v) is 16.9. The molecule has 0 amide bonds. The van der Waals surface area contributed by atoms with E-state index in [0.29, 0.717) is 29.9 Å². The first-order valence-corrected chi connectivity index (χ1v) is 11.5. The Balaban J connectivity index is 1.92. The van der Waals surface area contributed by atoms with Crippen molar-refractivity contribution in [3.05, 3.63) is 52.0 Å². The maximum absolute atomic E-state index is 12.6. The van der Waals surface area contributed by atoms with E-state index in [2.05, 4.69) is 4.72 Å². The van der Waals surface area contributed by atoms with Crippen molar-refractivity contribution in [3.63, 3.8) is 0 Å². The Bertz CT molecular complexity index is 1070. The van der Waals surface area contributed by atoms with Crippen LogP contribution in [0.25, 0.3) is 0 Å². The van der Waals surface area contributed by atoms with Gasteiger partial charge in [-0.2, -0.15) is 0 Å². The average molecular weight is 435 g/mol. The van der Waals surface area contributed by atoms with Gasteiger partial charge in [0.15, 0.2) is 0 Å². The maximum atomic E-state index is 12.6. The molecule has 26 heavy (non-hydrogen) atoms. The van der Waals surface area contributed by atoms with Gasteiger partial charge in [0.25, 0.3) is 10.0 Å². The van der Waals surface area contributed by atoms with Crippen LogP contribution in [-0.4, -0.2) is 29.1 Å². The second-order valence-electron chi connectivity index (χ2n) is 5.92. The van der Waals surface area contributed by atoms with E-state index in [1.165, 1.54) is 28.6 Å².